The van der Waals surface area contributed by atoms with E-state index < -0.39 is 4.92 Å². The van der Waals surface area contributed by atoms with Crippen LogP contribution in [0.5, 0.6) is 0 Å². The molecule has 3 heterocycles. The van der Waals surface area contributed by atoms with Gasteiger partial charge in [-0.1, -0.05) is 0 Å². The van der Waals surface area contributed by atoms with Crippen LogP contribution in [0.25, 0.3) is 0 Å². The number of nitrogens with zero attached hydrogens (tertiary/aromatic N) is 6. The molecule has 28 heavy (non-hydrogen) atoms. The summed E-state index contributed by atoms with van der Waals surface area (Å²) in [6.07, 6.45) is 7.08. The van der Waals surface area contributed by atoms with Crippen molar-refractivity contribution in [1.29, 1.82) is 0 Å². The van der Waals surface area contributed by atoms with Gasteiger partial charge in [-0.05, 0) is 50.7 Å². The van der Waals surface area contributed by atoms with Crippen LogP contribution >= 0.6 is 0 Å². The van der Waals surface area contributed by atoms with Gasteiger partial charge in [0.25, 0.3) is 5.69 Å². The standard InChI is InChI=1S/C19H25N7O2/c27-26(28)16-9-7-15(8-10-16)20-17-21-18(24-11-3-1-4-12-24)23-19(22-17)25-13-5-2-6-14-25/h7-10H,1-6,11-14H2,(H,20,21,22,23). The molecule has 2 aromatic rings. The van der Waals surface area contributed by atoms with Crippen LogP contribution in [-0.2, 0) is 0 Å². The molecule has 0 aliphatic carbocycles. The first-order chi connectivity index (χ1) is 13.7. The summed E-state index contributed by atoms with van der Waals surface area (Å²) in [5.41, 5.74) is 0.773. The number of nitrogens with one attached hydrogen (secondary N) is 1. The van der Waals surface area contributed by atoms with Gasteiger partial charge in [-0.2, -0.15) is 15.0 Å². The largest absolute Gasteiger partial charge is 0.341 e. The van der Waals surface area contributed by atoms with E-state index in [1.54, 1.807) is 12.1 Å². The molecule has 9 heteroatoms. The van der Waals surface area contributed by atoms with Crippen molar-refractivity contribution < 1.29 is 4.92 Å². The molecule has 0 spiro atoms. The van der Waals surface area contributed by atoms with Gasteiger partial charge < -0.3 is 15.1 Å². The van der Waals surface area contributed by atoms with Gasteiger partial charge in [0.1, 0.15) is 0 Å². The Kier molecular flexibility index (Phi) is 5.50. The third kappa shape index (κ3) is 4.29. The summed E-state index contributed by atoms with van der Waals surface area (Å²) in [4.78, 5) is 28.9. The summed E-state index contributed by atoms with van der Waals surface area (Å²) in [5, 5.41) is 14.0. The molecular formula is C19H25N7O2. The molecule has 0 saturated carbocycles. The third-order valence-electron chi connectivity index (χ3n) is 5.22. The minimum Gasteiger partial charge on any atom is -0.341 e. The summed E-state index contributed by atoms with van der Waals surface area (Å²) in [6.45, 7) is 3.84. The van der Waals surface area contributed by atoms with Crippen molar-refractivity contribution in [2.45, 2.75) is 38.5 Å². The molecule has 148 valence electrons. The Morgan fingerprint density at radius 1 is 0.786 bits per heavy atom. The van der Waals surface area contributed by atoms with Crippen molar-refractivity contribution in [1.82, 2.24) is 15.0 Å². The number of anilines is 4. The summed E-state index contributed by atoms with van der Waals surface area (Å²) in [6, 6.07) is 6.29. The van der Waals surface area contributed by atoms with E-state index in [1.165, 1.54) is 25.0 Å². The molecule has 4 rings (SSSR count). The van der Waals surface area contributed by atoms with E-state index in [9.17, 15) is 10.1 Å². The van der Waals surface area contributed by atoms with Crippen molar-refractivity contribution in [2.75, 3.05) is 41.3 Å². The van der Waals surface area contributed by atoms with Gasteiger partial charge in [0.05, 0.1) is 4.92 Å². The molecule has 2 aliphatic rings. The van der Waals surface area contributed by atoms with Gasteiger partial charge >= 0.3 is 0 Å². The summed E-state index contributed by atoms with van der Waals surface area (Å²) in [7, 11) is 0. The normalized spacial score (nSPS) is 17.4. The Morgan fingerprint density at radius 3 is 1.75 bits per heavy atom. The lowest BCUT2D eigenvalue weighted by Gasteiger charge is -2.30. The van der Waals surface area contributed by atoms with Crippen molar-refractivity contribution in [2.24, 2.45) is 0 Å². The fraction of sp³-hybridized carbons (Fsp3) is 0.526. The fourth-order valence-corrected chi connectivity index (χ4v) is 3.68. The van der Waals surface area contributed by atoms with Crippen LogP contribution in [0.4, 0.5) is 29.2 Å². The highest BCUT2D eigenvalue weighted by Crippen LogP contribution is 2.24. The molecule has 0 radical (unpaired) electrons. The number of benzene rings is 1. The lowest BCUT2D eigenvalue weighted by atomic mass is 10.1. The van der Waals surface area contributed by atoms with Gasteiger partial charge in [-0.3, -0.25) is 10.1 Å². The topological polar surface area (TPSA) is 100 Å². The number of rotatable bonds is 5. The number of hydrogen-bond acceptors (Lipinski definition) is 8. The van der Waals surface area contributed by atoms with Crippen LogP contribution in [0, 0.1) is 10.1 Å². The predicted octanol–water partition coefficient (Wildman–Crippen LogP) is 3.50. The van der Waals surface area contributed by atoms with Crippen LogP contribution < -0.4 is 15.1 Å². The van der Waals surface area contributed by atoms with Crippen molar-refractivity contribution in [3.05, 3.63) is 34.4 Å². The third-order valence-corrected chi connectivity index (χ3v) is 5.22. The summed E-state index contributed by atoms with van der Waals surface area (Å²) in [5.74, 6) is 1.89. The van der Waals surface area contributed by atoms with Crippen LogP contribution in [0.2, 0.25) is 0 Å². The molecule has 1 aromatic carbocycles. The van der Waals surface area contributed by atoms with Gasteiger partial charge in [0, 0.05) is 44.0 Å². The zero-order chi connectivity index (χ0) is 19.3. The molecule has 0 atom stereocenters. The highest BCUT2D eigenvalue weighted by atomic mass is 16.6. The first-order valence-electron chi connectivity index (χ1n) is 9.96. The first-order valence-corrected chi connectivity index (χ1v) is 9.96. The summed E-state index contributed by atoms with van der Waals surface area (Å²) < 4.78 is 0. The van der Waals surface area contributed by atoms with Crippen LogP contribution in [0.1, 0.15) is 38.5 Å². The summed E-state index contributed by atoms with van der Waals surface area (Å²) >= 11 is 0. The Labute approximate surface area is 164 Å². The average Bonchev–Trinajstić information content (AvgIpc) is 2.75. The maximum absolute atomic E-state index is 10.9. The smallest absolute Gasteiger partial charge is 0.269 e. The second kappa shape index (κ2) is 8.37. The first kappa shape index (κ1) is 18.4. The van der Waals surface area contributed by atoms with Crippen molar-refractivity contribution in [3.8, 4) is 0 Å². The van der Waals surface area contributed by atoms with E-state index in [1.807, 2.05) is 0 Å². The minimum absolute atomic E-state index is 0.0595. The molecule has 0 unspecified atom stereocenters. The number of nitro benzene ring substituents is 1. The average molecular weight is 383 g/mol. The van der Waals surface area contributed by atoms with E-state index in [2.05, 4.69) is 25.1 Å². The van der Waals surface area contributed by atoms with Gasteiger partial charge in [0.2, 0.25) is 17.8 Å². The number of aromatic nitrogens is 3. The van der Waals surface area contributed by atoms with Crippen LogP contribution in [-0.4, -0.2) is 46.1 Å². The molecular weight excluding hydrogens is 358 g/mol. The van der Waals surface area contributed by atoms with E-state index in [-0.39, 0.29) is 5.69 Å². The Balaban J connectivity index is 1.61. The Hall–Kier alpha value is -2.97. The lowest BCUT2D eigenvalue weighted by Crippen LogP contribution is -2.34. The zero-order valence-corrected chi connectivity index (χ0v) is 15.9. The second-order valence-corrected chi connectivity index (χ2v) is 7.28. The Bertz CT molecular complexity index is 779. The van der Waals surface area contributed by atoms with Crippen LogP contribution in [0.3, 0.4) is 0 Å². The molecule has 1 aromatic heterocycles. The number of non-ortho nitro benzene ring substituents is 1. The highest BCUT2D eigenvalue weighted by molar-refractivity contribution is 5.58. The molecule has 9 nitrogen and oxygen atoms in total. The van der Waals surface area contributed by atoms with Crippen LogP contribution in [0.15, 0.2) is 24.3 Å². The monoisotopic (exact) mass is 383 g/mol. The molecule has 1 N–H and O–H groups in total. The van der Waals surface area contributed by atoms with Crippen molar-refractivity contribution in [3.63, 3.8) is 0 Å². The van der Waals surface area contributed by atoms with Gasteiger partial charge in [-0.15, -0.1) is 0 Å². The molecule has 2 fully saturated rings. The lowest BCUT2D eigenvalue weighted by molar-refractivity contribution is -0.384. The minimum atomic E-state index is -0.407. The maximum atomic E-state index is 10.9. The van der Waals surface area contributed by atoms with Crippen molar-refractivity contribution >= 4 is 29.2 Å². The van der Waals surface area contributed by atoms with Gasteiger partial charge in [-0.25, -0.2) is 0 Å². The fourth-order valence-electron chi connectivity index (χ4n) is 3.68. The van der Waals surface area contributed by atoms with E-state index >= 15 is 0 Å². The molecule has 0 bridgehead atoms. The SMILES string of the molecule is O=[N+]([O-])c1ccc(Nc2nc(N3CCCCC3)nc(N3CCCCC3)n2)cc1. The van der Waals surface area contributed by atoms with E-state index in [4.69, 9.17) is 4.98 Å². The Morgan fingerprint density at radius 2 is 1.29 bits per heavy atom. The quantitative estimate of drug-likeness (QED) is 0.618. The maximum Gasteiger partial charge on any atom is 0.269 e. The van der Waals surface area contributed by atoms with E-state index in [0.29, 0.717) is 23.5 Å². The number of nitro groups is 1. The highest BCUT2D eigenvalue weighted by Gasteiger charge is 2.20. The predicted molar refractivity (Wildman–Crippen MR) is 108 cm³/mol. The molecule has 2 saturated heterocycles. The number of piperidine rings is 2. The number of hydrogen-bond donors (Lipinski definition) is 1. The van der Waals surface area contributed by atoms with Gasteiger partial charge in [0.15, 0.2) is 0 Å². The second-order valence-electron chi connectivity index (χ2n) is 7.28. The van der Waals surface area contributed by atoms with E-state index in [0.717, 1.165) is 51.9 Å². The zero-order valence-electron chi connectivity index (χ0n) is 15.9. The molecule has 2 aliphatic heterocycles. The molecule has 0 amide bonds.